The maximum absolute atomic E-state index is 11.9. The number of aliphatic carboxylic acids is 1. The van der Waals surface area contributed by atoms with Crippen molar-refractivity contribution in [2.45, 2.75) is 51.2 Å². The molecule has 0 amide bonds. The molecule has 0 radical (unpaired) electrons. The van der Waals surface area contributed by atoms with Gasteiger partial charge < -0.3 is 5.11 Å². The van der Waals surface area contributed by atoms with E-state index < -0.39 is 46.3 Å². The summed E-state index contributed by atoms with van der Waals surface area (Å²) in [7, 11) is -3.85. The third kappa shape index (κ3) is 10.8. The first-order valence-corrected chi connectivity index (χ1v) is 7.28. The number of carboxylic acids is 1. The van der Waals surface area contributed by atoms with E-state index in [1.54, 1.807) is 0 Å². The van der Waals surface area contributed by atoms with Crippen LogP contribution < -0.4 is 4.72 Å². The average Bonchev–Trinajstić information content (AvgIpc) is 2.10. The minimum absolute atomic E-state index is 0.0564. The minimum atomic E-state index is -4.38. The number of hydrogen-bond acceptors (Lipinski definition) is 3. The van der Waals surface area contributed by atoms with Gasteiger partial charge in [0.2, 0.25) is 10.0 Å². The smallest absolute Gasteiger partial charge is 0.389 e. The standard InChI is InChI=1S/C10H18F3NO4S/c1-9(2,6-4-8(15)16)14-19(17,18)7-3-5-10(11,12)13/h14H,3-7H2,1-2H3,(H,15,16). The fourth-order valence-corrected chi connectivity index (χ4v) is 2.98. The number of carbonyl (C=O) groups is 1. The molecule has 0 unspecified atom stereocenters. The predicted octanol–water partition coefficient (Wildman–Crippen LogP) is 1.89. The molecule has 0 aliphatic carbocycles. The van der Waals surface area contributed by atoms with Gasteiger partial charge in [0.1, 0.15) is 0 Å². The summed E-state index contributed by atoms with van der Waals surface area (Å²) in [4.78, 5) is 10.4. The number of carboxylic acid groups (broad SMARTS) is 1. The largest absolute Gasteiger partial charge is 0.481 e. The molecule has 0 aliphatic heterocycles. The Labute approximate surface area is 110 Å². The van der Waals surface area contributed by atoms with Gasteiger partial charge in [-0.25, -0.2) is 13.1 Å². The lowest BCUT2D eigenvalue weighted by molar-refractivity contribution is -0.137. The molecule has 2 N–H and O–H groups in total. The van der Waals surface area contributed by atoms with Gasteiger partial charge in [-0.05, 0) is 26.7 Å². The first-order chi connectivity index (χ1) is 8.33. The van der Waals surface area contributed by atoms with Crippen molar-refractivity contribution in [2.75, 3.05) is 5.75 Å². The molecule has 0 aromatic heterocycles. The molecule has 0 aliphatic rings. The van der Waals surface area contributed by atoms with E-state index in [-0.39, 0.29) is 12.8 Å². The summed E-state index contributed by atoms with van der Waals surface area (Å²) >= 11 is 0. The van der Waals surface area contributed by atoms with Gasteiger partial charge in [0.15, 0.2) is 0 Å². The van der Waals surface area contributed by atoms with Crippen LogP contribution in [0.3, 0.4) is 0 Å². The van der Waals surface area contributed by atoms with E-state index in [2.05, 4.69) is 4.72 Å². The van der Waals surface area contributed by atoms with Crippen LogP contribution in [0.25, 0.3) is 0 Å². The summed E-state index contributed by atoms with van der Waals surface area (Å²) in [5.41, 5.74) is -1.00. The highest BCUT2D eigenvalue weighted by Gasteiger charge is 2.29. The Morgan fingerprint density at radius 3 is 2.16 bits per heavy atom. The fraction of sp³-hybridized carbons (Fsp3) is 0.900. The molecular weight excluding hydrogens is 287 g/mol. The molecule has 0 saturated carbocycles. The zero-order chi connectivity index (χ0) is 15.3. The number of sulfonamides is 1. The van der Waals surface area contributed by atoms with Crippen LogP contribution in [-0.4, -0.2) is 37.0 Å². The monoisotopic (exact) mass is 305 g/mol. The SMILES string of the molecule is CC(C)(CCC(=O)O)NS(=O)(=O)CCCC(F)(F)F. The van der Waals surface area contributed by atoms with Crippen LogP contribution in [0.4, 0.5) is 13.2 Å². The van der Waals surface area contributed by atoms with Crippen molar-refractivity contribution in [3.05, 3.63) is 0 Å². The lowest BCUT2D eigenvalue weighted by atomic mass is 10.0. The van der Waals surface area contributed by atoms with Crippen molar-refractivity contribution in [2.24, 2.45) is 0 Å². The Balaban J connectivity index is 4.31. The van der Waals surface area contributed by atoms with Crippen molar-refractivity contribution in [3.8, 4) is 0 Å². The molecule has 0 fully saturated rings. The van der Waals surface area contributed by atoms with Crippen LogP contribution in [-0.2, 0) is 14.8 Å². The summed E-state index contributed by atoms with van der Waals surface area (Å²) in [5, 5.41) is 8.50. The molecule has 5 nitrogen and oxygen atoms in total. The van der Waals surface area contributed by atoms with Crippen LogP contribution in [0.2, 0.25) is 0 Å². The van der Waals surface area contributed by atoms with Gasteiger partial charge in [-0.2, -0.15) is 13.2 Å². The second-order valence-corrected chi connectivity index (χ2v) is 6.76. The highest BCUT2D eigenvalue weighted by Crippen LogP contribution is 2.22. The van der Waals surface area contributed by atoms with Crippen LogP contribution in [0.15, 0.2) is 0 Å². The van der Waals surface area contributed by atoms with Gasteiger partial charge in [-0.3, -0.25) is 4.79 Å². The summed E-state index contributed by atoms with van der Waals surface area (Å²) in [6.07, 6.45) is -6.23. The molecular formula is C10H18F3NO4S. The number of hydrogen-bond donors (Lipinski definition) is 2. The summed E-state index contributed by atoms with van der Waals surface area (Å²) in [6, 6.07) is 0. The highest BCUT2D eigenvalue weighted by molar-refractivity contribution is 7.89. The Morgan fingerprint density at radius 2 is 1.74 bits per heavy atom. The second-order valence-electron chi connectivity index (χ2n) is 4.92. The van der Waals surface area contributed by atoms with E-state index in [4.69, 9.17) is 5.11 Å². The van der Waals surface area contributed by atoms with Crippen molar-refractivity contribution < 1.29 is 31.5 Å². The van der Waals surface area contributed by atoms with Gasteiger partial charge in [-0.15, -0.1) is 0 Å². The van der Waals surface area contributed by atoms with Gasteiger partial charge in [0.25, 0.3) is 0 Å². The van der Waals surface area contributed by atoms with E-state index >= 15 is 0 Å². The topological polar surface area (TPSA) is 83.5 Å². The molecule has 114 valence electrons. The van der Waals surface area contributed by atoms with Crippen LogP contribution in [0.5, 0.6) is 0 Å². The molecule has 0 aromatic rings. The van der Waals surface area contributed by atoms with E-state index in [1.807, 2.05) is 0 Å². The van der Waals surface area contributed by atoms with Crippen LogP contribution in [0, 0.1) is 0 Å². The quantitative estimate of drug-likeness (QED) is 0.717. The summed E-state index contributed by atoms with van der Waals surface area (Å²) < 4.78 is 61.0. The summed E-state index contributed by atoms with van der Waals surface area (Å²) in [6.45, 7) is 2.97. The van der Waals surface area contributed by atoms with E-state index in [9.17, 15) is 26.4 Å². The Hall–Kier alpha value is -0.830. The molecule has 0 saturated heterocycles. The van der Waals surface area contributed by atoms with Gasteiger partial charge in [-0.1, -0.05) is 0 Å². The third-order valence-corrected chi connectivity index (χ3v) is 3.96. The Bertz CT molecular complexity index is 403. The Morgan fingerprint density at radius 1 is 1.21 bits per heavy atom. The lowest BCUT2D eigenvalue weighted by Gasteiger charge is -2.25. The first kappa shape index (κ1) is 18.2. The number of rotatable bonds is 8. The van der Waals surface area contributed by atoms with Crippen LogP contribution in [0.1, 0.15) is 39.5 Å². The first-order valence-electron chi connectivity index (χ1n) is 5.63. The highest BCUT2D eigenvalue weighted by atomic mass is 32.2. The van der Waals surface area contributed by atoms with Crippen molar-refractivity contribution in [3.63, 3.8) is 0 Å². The zero-order valence-corrected chi connectivity index (χ0v) is 11.6. The molecule has 0 bridgehead atoms. The zero-order valence-electron chi connectivity index (χ0n) is 10.7. The van der Waals surface area contributed by atoms with Gasteiger partial charge in [0, 0.05) is 18.4 Å². The average molecular weight is 305 g/mol. The van der Waals surface area contributed by atoms with E-state index in [0.717, 1.165) is 0 Å². The maximum Gasteiger partial charge on any atom is 0.389 e. The second kappa shape index (κ2) is 6.56. The van der Waals surface area contributed by atoms with Crippen LogP contribution >= 0.6 is 0 Å². The van der Waals surface area contributed by atoms with E-state index in [1.165, 1.54) is 13.8 Å². The molecule has 0 rings (SSSR count). The van der Waals surface area contributed by atoms with Crippen molar-refractivity contribution >= 4 is 16.0 Å². The normalized spacial score (nSPS) is 13.5. The molecule has 0 spiro atoms. The van der Waals surface area contributed by atoms with E-state index in [0.29, 0.717) is 0 Å². The number of halogens is 3. The maximum atomic E-state index is 11.9. The molecule has 0 atom stereocenters. The number of nitrogens with one attached hydrogen (secondary N) is 1. The summed E-state index contributed by atoms with van der Waals surface area (Å²) in [5.74, 6) is -1.70. The van der Waals surface area contributed by atoms with Gasteiger partial charge >= 0.3 is 12.1 Å². The molecule has 9 heteroatoms. The molecule has 19 heavy (non-hydrogen) atoms. The predicted molar refractivity (Wildman–Crippen MR) is 63.2 cm³/mol. The fourth-order valence-electron chi connectivity index (χ4n) is 1.41. The third-order valence-electron chi connectivity index (χ3n) is 2.27. The van der Waals surface area contributed by atoms with Crippen molar-refractivity contribution in [1.29, 1.82) is 0 Å². The molecule has 0 heterocycles. The molecule has 0 aromatic carbocycles. The number of alkyl halides is 3. The van der Waals surface area contributed by atoms with Gasteiger partial charge in [0.05, 0.1) is 5.75 Å². The van der Waals surface area contributed by atoms with Crippen molar-refractivity contribution in [1.82, 2.24) is 4.72 Å². The lowest BCUT2D eigenvalue weighted by Crippen LogP contribution is -2.44. The Kier molecular flexibility index (Phi) is 6.27. The minimum Gasteiger partial charge on any atom is -0.481 e.